The van der Waals surface area contributed by atoms with Crippen molar-refractivity contribution >= 4 is 16.9 Å². The summed E-state index contributed by atoms with van der Waals surface area (Å²) >= 11 is 0. The molecule has 1 aromatic carbocycles. The summed E-state index contributed by atoms with van der Waals surface area (Å²) in [6, 6.07) is 5.61. The number of aromatic nitrogens is 3. The van der Waals surface area contributed by atoms with Gasteiger partial charge in [0, 0.05) is 13.1 Å². The summed E-state index contributed by atoms with van der Waals surface area (Å²) in [4.78, 5) is 14.8. The molecule has 2 fully saturated rings. The van der Waals surface area contributed by atoms with E-state index in [1.807, 2.05) is 23.1 Å². The summed E-state index contributed by atoms with van der Waals surface area (Å²) in [6.45, 7) is 4.11. The van der Waals surface area contributed by atoms with Gasteiger partial charge in [-0.3, -0.25) is 4.79 Å². The van der Waals surface area contributed by atoms with Crippen LogP contribution in [0.2, 0.25) is 0 Å². The molecule has 1 aliphatic heterocycles. The first-order valence-corrected chi connectivity index (χ1v) is 7.76. The summed E-state index contributed by atoms with van der Waals surface area (Å²) in [5.41, 5.74) is 2.49. The molecular formula is C16H20N4O. The number of carbonyl (C=O) groups is 1. The molecule has 0 bridgehead atoms. The van der Waals surface area contributed by atoms with E-state index in [0.29, 0.717) is 16.5 Å². The van der Waals surface area contributed by atoms with E-state index in [0.717, 1.165) is 30.9 Å². The van der Waals surface area contributed by atoms with Gasteiger partial charge in [0.15, 0.2) is 0 Å². The topological polar surface area (TPSA) is 61.9 Å². The summed E-state index contributed by atoms with van der Waals surface area (Å²) in [5.74, 6) is 0.907. The molecule has 1 spiro atoms. The first-order chi connectivity index (χ1) is 10.2. The van der Waals surface area contributed by atoms with E-state index in [4.69, 9.17) is 0 Å². The molecule has 1 aromatic heterocycles. The number of H-pyrrole nitrogens is 1. The van der Waals surface area contributed by atoms with Crippen molar-refractivity contribution in [2.75, 3.05) is 13.1 Å². The molecule has 2 aromatic rings. The van der Waals surface area contributed by atoms with E-state index in [-0.39, 0.29) is 5.91 Å². The summed E-state index contributed by atoms with van der Waals surface area (Å²) < 4.78 is 0. The van der Waals surface area contributed by atoms with Crippen LogP contribution in [0.15, 0.2) is 18.2 Å². The van der Waals surface area contributed by atoms with Crippen LogP contribution in [0, 0.1) is 11.3 Å². The van der Waals surface area contributed by atoms with Crippen molar-refractivity contribution < 1.29 is 4.79 Å². The molecule has 110 valence electrons. The van der Waals surface area contributed by atoms with Crippen molar-refractivity contribution in [3.05, 3.63) is 23.8 Å². The fraction of sp³-hybridized carbons (Fsp3) is 0.562. The number of hydrogen-bond acceptors (Lipinski definition) is 3. The fourth-order valence-corrected chi connectivity index (χ4v) is 4.19. The van der Waals surface area contributed by atoms with Gasteiger partial charge in [0.2, 0.25) is 0 Å². The highest BCUT2D eigenvalue weighted by atomic mass is 16.2. The van der Waals surface area contributed by atoms with E-state index in [1.165, 1.54) is 19.3 Å². The standard InChI is InChI=1S/C16H20N4O/c1-11-5-6-16(9-11)7-8-20(10-16)15(21)12-3-2-4-13-14(12)18-19-17-13/h2-4,11H,5-10H2,1H3,(H,17,18,19)/t11-,16+/m0/s1. The summed E-state index contributed by atoms with van der Waals surface area (Å²) in [6.07, 6.45) is 5.00. The third kappa shape index (κ3) is 2.03. The molecule has 0 unspecified atom stereocenters. The van der Waals surface area contributed by atoms with Gasteiger partial charge in [-0.1, -0.05) is 19.4 Å². The predicted octanol–water partition coefficient (Wildman–Crippen LogP) is 2.61. The minimum absolute atomic E-state index is 0.103. The quantitative estimate of drug-likeness (QED) is 0.875. The molecule has 2 atom stereocenters. The molecule has 5 heteroatoms. The maximum Gasteiger partial charge on any atom is 0.256 e. The van der Waals surface area contributed by atoms with Gasteiger partial charge in [-0.25, -0.2) is 0 Å². The number of likely N-dealkylation sites (tertiary alicyclic amines) is 1. The Hall–Kier alpha value is -1.91. The Morgan fingerprint density at radius 1 is 1.38 bits per heavy atom. The molecule has 1 amide bonds. The lowest BCUT2D eigenvalue weighted by Gasteiger charge is -2.24. The second-order valence-electron chi connectivity index (χ2n) is 6.82. The van der Waals surface area contributed by atoms with Gasteiger partial charge >= 0.3 is 0 Å². The maximum atomic E-state index is 12.8. The van der Waals surface area contributed by atoms with Crippen molar-refractivity contribution in [3.63, 3.8) is 0 Å². The number of nitrogens with zero attached hydrogens (tertiary/aromatic N) is 3. The molecule has 1 N–H and O–H groups in total. The van der Waals surface area contributed by atoms with Gasteiger partial charge < -0.3 is 4.90 Å². The average molecular weight is 284 g/mol. The third-order valence-corrected chi connectivity index (χ3v) is 5.25. The molecule has 1 saturated heterocycles. The monoisotopic (exact) mass is 284 g/mol. The van der Waals surface area contributed by atoms with Crippen molar-refractivity contribution in [1.29, 1.82) is 0 Å². The van der Waals surface area contributed by atoms with Gasteiger partial charge in [0.05, 0.1) is 5.56 Å². The van der Waals surface area contributed by atoms with Gasteiger partial charge in [0.25, 0.3) is 5.91 Å². The average Bonchev–Trinajstić information content (AvgIpc) is 3.19. The number of benzene rings is 1. The number of fused-ring (bicyclic) bond motifs is 1. The van der Waals surface area contributed by atoms with Gasteiger partial charge in [0.1, 0.15) is 11.0 Å². The molecule has 21 heavy (non-hydrogen) atoms. The van der Waals surface area contributed by atoms with E-state index < -0.39 is 0 Å². The zero-order valence-corrected chi connectivity index (χ0v) is 12.3. The van der Waals surface area contributed by atoms with E-state index in [2.05, 4.69) is 22.3 Å². The van der Waals surface area contributed by atoms with E-state index in [9.17, 15) is 4.79 Å². The van der Waals surface area contributed by atoms with Crippen LogP contribution in [0.4, 0.5) is 0 Å². The lowest BCUT2D eigenvalue weighted by molar-refractivity contribution is 0.0774. The lowest BCUT2D eigenvalue weighted by Crippen LogP contribution is -2.31. The summed E-state index contributed by atoms with van der Waals surface area (Å²) in [7, 11) is 0. The Morgan fingerprint density at radius 2 is 2.29 bits per heavy atom. The molecule has 4 rings (SSSR count). The number of nitrogens with one attached hydrogen (secondary N) is 1. The highest BCUT2D eigenvalue weighted by molar-refractivity contribution is 6.04. The van der Waals surface area contributed by atoms with Crippen LogP contribution < -0.4 is 0 Å². The minimum Gasteiger partial charge on any atom is -0.338 e. The zero-order valence-electron chi connectivity index (χ0n) is 12.3. The van der Waals surface area contributed by atoms with Crippen molar-refractivity contribution in [2.45, 2.75) is 32.6 Å². The van der Waals surface area contributed by atoms with Crippen LogP contribution in [0.25, 0.3) is 11.0 Å². The number of amides is 1. The van der Waals surface area contributed by atoms with E-state index in [1.54, 1.807) is 0 Å². The summed E-state index contributed by atoms with van der Waals surface area (Å²) in [5, 5.41) is 10.8. The van der Waals surface area contributed by atoms with E-state index >= 15 is 0 Å². The van der Waals surface area contributed by atoms with Gasteiger partial charge in [-0.15, -0.1) is 0 Å². The third-order valence-electron chi connectivity index (χ3n) is 5.25. The highest BCUT2D eigenvalue weighted by Gasteiger charge is 2.44. The Balaban J connectivity index is 1.60. The maximum absolute atomic E-state index is 12.8. The molecule has 1 aliphatic carbocycles. The molecule has 5 nitrogen and oxygen atoms in total. The van der Waals surface area contributed by atoms with Crippen LogP contribution in [0.1, 0.15) is 43.0 Å². The number of rotatable bonds is 1. The minimum atomic E-state index is 0.103. The Kier molecular flexibility index (Phi) is 2.77. The Morgan fingerprint density at radius 3 is 3.10 bits per heavy atom. The van der Waals surface area contributed by atoms with Gasteiger partial charge in [-0.05, 0) is 42.7 Å². The van der Waals surface area contributed by atoms with Crippen LogP contribution in [0.3, 0.4) is 0 Å². The smallest absolute Gasteiger partial charge is 0.256 e. The second-order valence-corrected chi connectivity index (χ2v) is 6.82. The molecule has 2 aliphatic rings. The number of hydrogen-bond donors (Lipinski definition) is 1. The normalized spacial score (nSPS) is 28.8. The van der Waals surface area contributed by atoms with Crippen LogP contribution in [0.5, 0.6) is 0 Å². The molecule has 2 heterocycles. The largest absolute Gasteiger partial charge is 0.338 e. The SMILES string of the molecule is C[C@H]1CC[C@@]2(CCN(C(=O)c3cccc4n[nH]nc34)C2)C1. The number of carbonyl (C=O) groups excluding carboxylic acids is 1. The van der Waals surface area contributed by atoms with Crippen molar-refractivity contribution in [1.82, 2.24) is 20.3 Å². The molecule has 1 saturated carbocycles. The van der Waals surface area contributed by atoms with Crippen molar-refractivity contribution in [2.24, 2.45) is 11.3 Å². The first kappa shape index (κ1) is 12.8. The highest BCUT2D eigenvalue weighted by Crippen LogP contribution is 2.48. The molecule has 0 radical (unpaired) electrons. The first-order valence-electron chi connectivity index (χ1n) is 7.76. The molecular weight excluding hydrogens is 264 g/mol. The van der Waals surface area contributed by atoms with Crippen molar-refractivity contribution in [3.8, 4) is 0 Å². The second kappa shape index (κ2) is 4.55. The number of para-hydroxylation sites is 1. The fourth-order valence-electron chi connectivity index (χ4n) is 4.19. The van der Waals surface area contributed by atoms with Gasteiger partial charge in [-0.2, -0.15) is 15.4 Å². The van der Waals surface area contributed by atoms with Crippen LogP contribution in [-0.4, -0.2) is 39.3 Å². The van der Waals surface area contributed by atoms with Crippen LogP contribution in [-0.2, 0) is 0 Å². The predicted molar refractivity (Wildman–Crippen MR) is 79.9 cm³/mol. The van der Waals surface area contributed by atoms with Crippen LogP contribution >= 0.6 is 0 Å². The number of aromatic amines is 1. The lowest BCUT2D eigenvalue weighted by atomic mass is 9.85. The zero-order chi connectivity index (χ0) is 14.4. The Labute approximate surface area is 123 Å². The Bertz CT molecular complexity index is 694.